The molecule has 150 valence electrons. The van der Waals surface area contributed by atoms with E-state index in [0.29, 0.717) is 29.6 Å². The largest absolute Gasteiger partial charge is 0.490 e. The molecule has 2 aromatic carbocycles. The van der Waals surface area contributed by atoms with Crippen LogP contribution in [0.2, 0.25) is 0 Å². The minimum atomic E-state index is -0.874. The number of halogens is 2. The maximum atomic E-state index is 14.7. The van der Waals surface area contributed by atoms with Crippen molar-refractivity contribution >= 4 is 0 Å². The van der Waals surface area contributed by atoms with Gasteiger partial charge in [0.2, 0.25) is 5.82 Å². The van der Waals surface area contributed by atoms with Crippen molar-refractivity contribution in [3.05, 3.63) is 53.6 Å². The summed E-state index contributed by atoms with van der Waals surface area (Å²) in [4.78, 5) is 0. The molecule has 2 aliphatic carbocycles. The molecule has 0 unspecified atom stereocenters. The summed E-state index contributed by atoms with van der Waals surface area (Å²) in [7, 11) is 0. The lowest BCUT2D eigenvalue weighted by Gasteiger charge is -2.26. The monoisotopic (exact) mass is 384 g/mol. The SMILES string of the molecule is CC1CCC(c2ccc(-c3ccc(OCC4CCCC4)c(F)c3F)cc2)CC1. The van der Waals surface area contributed by atoms with Gasteiger partial charge in [-0.2, -0.15) is 4.39 Å². The van der Waals surface area contributed by atoms with Crippen molar-refractivity contribution in [1.29, 1.82) is 0 Å². The van der Waals surface area contributed by atoms with Crippen LogP contribution in [0.3, 0.4) is 0 Å². The van der Waals surface area contributed by atoms with Gasteiger partial charge in [0.15, 0.2) is 11.6 Å². The highest BCUT2D eigenvalue weighted by Gasteiger charge is 2.21. The third kappa shape index (κ3) is 4.24. The quantitative estimate of drug-likeness (QED) is 0.519. The van der Waals surface area contributed by atoms with Crippen LogP contribution in [0.25, 0.3) is 11.1 Å². The van der Waals surface area contributed by atoms with Gasteiger partial charge >= 0.3 is 0 Å². The van der Waals surface area contributed by atoms with Gasteiger partial charge < -0.3 is 4.74 Å². The molecule has 0 aliphatic heterocycles. The number of rotatable bonds is 5. The molecule has 0 bridgehead atoms. The third-order valence-corrected chi connectivity index (χ3v) is 6.71. The fourth-order valence-electron chi connectivity index (χ4n) is 4.78. The van der Waals surface area contributed by atoms with Gasteiger partial charge in [0.1, 0.15) is 0 Å². The van der Waals surface area contributed by atoms with Gasteiger partial charge in [-0.05, 0) is 66.7 Å². The Morgan fingerprint density at radius 1 is 0.821 bits per heavy atom. The summed E-state index contributed by atoms with van der Waals surface area (Å²) in [6.45, 7) is 2.79. The van der Waals surface area contributed by atoms with Crippen molar-refractivity contribution < 1.29 is 13.5 Å². The van der Waals surface area contributed by atoms with Crippen LogP contribution in [0.4, 0.5) is 8.78 Å². The highest BCUT2D eigenvalue weighted by molar-refractivity contribution is 5.65. The number of hydrogen-bond donors (Lipinski definition) is 0. The molecule has 0 spiro atoms. The first-order chi connectivity index (χ1) is 13.6. The Balaban J connectivity index is 1.46. The van der Waals surface area contributed by atoms with Crippen LogP contribution in [0, 0.1) is 23.5 Å². The zero-order valence-corrected chi connectivity index (χ0v) is 16.7. The fraction of sp³-hybridized carbons (Fsp3) is 0.520. The van der Waals surface area contributed by atoms with E-state index in [-0.39, 0.29) is 5.75 Å². The molecular weight excluding hydrogens is 354 g/mol. The number of ether oxygens (including phenoxy) is 1. The molecule has 3 heteroatoms. The lowest BCUT2D eigenvalue weighted by atomic mass is 9.79. The normalized spacial score (nSPS) is 23.1. The lowest BCUT2D eigenvalue weighted by Crippen LogP contribution is -2.10. The minimum Gasteiger partial charge on any atom is -0.490 e. The third-order valence-electron chi connectivity index (χ3n) is 6.71. The lowest BCUT2D eigenvalue weighted by molar-refractivity contribution is 0.239. The van der Waals surface area contributed by atoms with Crippen molar-refractivity contribution in [2.24, 2.45) is 11.8 Å². The molecule has 0 heterocycles. The van der Waals surface area contributed by atoms with Crippen molar-refractivity contribution in [3.63, 3.8) is 0 Å². The standard InChI is InChI=1S/C25H30F2O/c1-17-6-8-19(9-7-17)20-10-12-21(13-11-20)22-14-15-23(25(27)24(22)26)28-16-18-4-2-3-5-18/h10-15,17-19H,2-9,16H2,1H3. The van der Waals surface area contributed by atoms with Gasteiger partial charge in [0, 0.05) is 5.56 Å². The molecule has 2 aromatic rings. The van der Waals surface area contributed by atoms with E-state index in [4.69, 9.17) is 4.74 Å². The van der Waals surface area contributed by atoms with Crippen LogP contribution < -0.4 is 4.74 Å². The summed E-state index contributed by atoms with van der Waals surface area (Å²) in [5, 5.41) is 0. The summed E-state index contributed by atoms with van der Waals surface area (Å²) in [5.74, 6) is 0.225. The summed E-state index contributed by atoms with van der Waals surface area (Å²) in [5.41, 5.74) is 2.33. The van der Waals surface area contributed by atoms with Crippen LogP contribution in [0.15, 0.2) is 36.4 Å². The first-order valence-electron chi connectivity index (χ1n) is 10.8. The fourth-order valence-corrected chi connectivity index (χ4v) is 4.78. The molecule has 4 rings (SSSR count). The molecule has 28 heavy (non-hydrogen) atoms. The minimum absolute atomic E-state index is 0.0288. The Morgan fingerprint density at radius 2 is 1.50 bits per heavy atom. The van der Waals surface area contributed by atoms with E-state index >= 15 is 0 Å². The first-order valence-corrected chi connectivity index (χ1v) is 10.8. The van der Waals surface area contributed by atoms with Crippen LogP contribution >= 0.6 is 0 Å². The average molecular weight is 385 g/mol. The van der Waals surface area contributed by atoms with Crippen LogP contribution in [0.5, 0.6) is 5.75 Å². The van der Waals surface area contributed by atoms with Crippen molar-refractivity contribution in [1.82, 2.24) is 0 Å². The van der Waals surface area contributed by atoms with E-state index < -0.39 is 11.6 Å². The van der Waals surface area contributed by atoms with Crippen molar-refractivity contribution in [3.8, 4) is 16.9 Å². The number of benzene rings is 2. The number of hydrogen-bond acceptors (Lipinski definition) is 1. The summed E-state index contributed by atoms with van der Waals surface area (Å²) in [6.07, 6.45) is 9.64. The topological polar surface area (TPSA) is 9.23 Å². The Labute approximate surface area is 167 Å². The van der Waals surface area contributed by atoms with Crippen molar-refractivity contribution in [2.45, 2.75) is 64.2 Å². The van der Waals surface area contributed by atoms with Crippen LogP contribution in [-0.4, -0.2) is 6.61 Å². The van der Waals surface area contributed by atoms with E-state index in [1.165, 1.54) is 44.1 Å². The maximum Gasteiger partial charge on any atom is 0.201 e. The predicted molar refractivity (Wildman–Crippen MR) is 110 cm³/mol. The van der Waals surface area contributed by atoms with E-state index in [1.807, 2.05) is 12.1 Å². The van der Waals surface area contributed by atoms with Gasteiger partial charge in [-0.3, -0.25) is 0 Å². The Bertz CT molecular complexity index is 785. The Hall–Kier alpha value is -1.90. The first kappa shape index (κ1) is 19.4. The maximum absolute atomic E-state index is 14.7. The molecule has 0 saturated heterocycles. The molecule has 0 aromatic heterocycles. The zero-order valence-electron chi connectivity index (χ0n) is 16.7. The molecule has 0 radical (unpaired) electrons. The molecular formula is C25H30F2O. The molecule has 1 nitrogen and oxygen atoms in total. The van der Waals surface area contributed by atoms with Gasteiger partial charge in [0.05, 0.1) is 6.61 Å². The summed E-state index contributed by atoms with van der Waals surface area (Å²) in [6, 6.07) is 11.2. The smallest absolute Gasteiger partial charge is 0.201 e. The molecule has 0 atom stereocenters. The Morgan fingerprint density at radius 3 is 2.18 bits per heavy atom. The van der Waals surface area contributed by atoms with Crippen molar-refractivity contribution in [2.75, 3.05) is 6.61 Å². The van der Waals surface area contributed by atoms with Gasteiger partial charge in [-0.25, -0.2) is 4.39 Å². The average Bonchev–Trinajstić information content (AvgIpc) is 3.24. The second kappa shape index (κ2) is 8.63. The molecule has 2 aliphatic rings. The zero-order chi connectivity index (χ0) is 19.5. The second-order valence-corrected chi connectivity index (χ2v) is 8.78. The van der Waals surface area contributed by atoms with Crippen LogP contribution in [0.1, 0.15) is 69.8 Å². The van der Waals surface area contributed by atoms with Gasteiger partial charge in [0.25, 0.3) is 0 Å². The predicted octanol–water partition coefficient (Wildman–Crippen LogP) is 7.49. The van der Waals surface area contributed by atoms with E-state index in [9.17, 15) is 8.78 Å². The van der Waals surface area contributed by atoms with Gasteiger partial charge in [-0.15, -0.1) is 0 Å². The van der Waals surface area contributed by atoms with Crippen LogP contribution in [-0.2, 0) is 0 Å². The molecule has 0 N–H and O–H groups in total. The van der Waals surface area contributed by atoms with E-state index in [0.717, 1.165) is 18.8 Å². The Kier molecular flexibility index (Phi) is 5.99. The van der Waals surface area contributed by atoms with E-state index in [1.54, 1.807) is 12.1 Å². The molecule has 0 amide bonds. The highest BCUT2D eigenvalue weighted by Crippen LogP contribution is 2.37. The summed E-state index contributed by atoms with van der Waals surface area (Å²) >= 11 is 0. The van der Waals surface area contributed by atoms with E-state index in [2.05, 4.69) is 19.1 Å². The van der Waals surface area contributed by atoms with Gasteiger partial charge in [-0.1, -0.05) is 56.9 Å². The highest BCUT2D eigenvalue weighted by atomic mass is 19.2. The molecule has 2 fully saturated rings. The second-order valence-electron chi connectivity index (χ2n) is 8.78. The summed E-state index contributed by atoms with van der Waals surface area (Å²) < 4.78 is 34.8. The molecule has 2 saturated carbocycles.